The van der Waals surface area contributed by atoms with Crippen LogP contribution >= 0.6 is 0 Å². The summed E-state index contributed by atoms with van der Waals surface area (Å²) in [5.41, 5.74) is 1.09. The van der Waals surface area contributed by atoms with Crippen molar-refractivity contribution >= 4 is 0 Å². The van der Waals surface area contributed by atoms with Crippen LogP contribution in [0.1, 0.15) is 31.7 Å². The van der Waals surface area contributed by atoms with Crippen molar-refractivity contribution in [3.8, 4) is 11.5 Å². The molecule has 0 aliphatic heterocycles. The van der Waals surface area contributed by atoms with Gasteiger partial charge in [0.25, 0.3) is 0 Å². The van der Waals surface area contributed by atoms with Crippen molar-refractivity contribution in [3.05, 3.63) is 23.8 Å². The smallest absolute Gasteiger partial charge is 0.122 e. The van der Waals surface area contributed by atoms with Gasteiger partial charge in [-0.2, -0.15) is 0 Å². The molecule has 3 heteroatoms. The Labute approximate surface area is 103 Å². The summed E-state index contributed by atoms with van der Waals surface area (Å²) >= 11 is 0. The molecule has 17 heavy (non-hydrogen) atoms. The fraction of sp³-hybridized carbons (Fsp3) is 0.571. The summed E-state index contributed by atoms with van der Waals surface area (Å²) in [6.07, 6.45) is 3.21. The first kappa shape index (κ1) is 13.8. The molecule has 0 radical (unpaired) electrons. The number of hydrogen-bond acceptors (Lipinski definition) is 3. The van der Waals surface area contributed by atoms with Crippen LogP contribution < -0.4 is 9.47 Å². The van der Waals surface area contributed by atoms with Crippen molar-refractivity contribution < 1.29 is 14.6 Å². The molecular formula is C14H22O3. The van der Waals surface area contributed by atoms with Crippen molar-refractivity contribution in [2.75, 3.05) is 14.2 Å². The maximum atomic E-state index is 9.73. The van der Waals surface area contributed by atoms with Gasteiger partial charge < -0.3 is 14.6 Å². The number of aryl methyl sites for hydroxylation is 1. The number of hydrogen-bond donors (Lipinski definition) is 1. The summed E-state index contributed by atoms with van der Waals surface area (Å²) in [5.74, 6) is 1.68. The molecule has 0 heterocycles. The summed E-state index contributed by atoms with van der Waals surface area (Å²) in [6.45, 7) is 2.08. The maximum absolute atomic E-state index is 9.73. The minimum Gasteiger partial charge on any atom is -0.497 e. The first-order valence-corrected chi connectivity index (χ1v) is 6.10. The summed E-state index contributed by atoms with van der Waals surface area (Å²) in [6, 6.07) is 5.75. The van der Waals surface area contributed by atoms with Crippen LogP contribution in [0.3, 0.4) is 0 Å². The molecule has 1 N–H and O–H groups in total. The van der Waals surface area contributed by atoms with Gasteiger partial charge in [-0.25, -0.2) is 0 Å². The van der Waals surface area contributed by atoms with Crippen LogP contribution in [0.4, 0.5) is 0 Å². The summed E-state index contributed by atoms with van der Waals surface area (Å²) in [7, 11) is 3.31. The number of benzene rings is 1. The minimum absolute atomic E-state index is 0.226. The highest BCUT2D eigenvalue weighted by molar-refractivity contribution is 5.40. The average Bonchev–Trinajstić information content (AvgIpc) is 2.36. The Kier molecular flexibility index (Phi) is 5.84. The van der Waals surface area contributed by atoms with Crippen molar-refractivity contribution in [2.45, 2.75) is 38.7 Å². The Bertz CT molecular complexity index is 336. The van der Waals surface area contributed by atoms with E-state index < -0.39 is 0 Å². The van der Waals surface area contributed by atoms with E-state index in [9.17, 15) is 5.11 Å². The molecule has 1 aromatic carbocycles. The van der Waals surface area contributed by atoms with Gasteiger partial charge in [0, 0.05) is 0 Å². The molecule has 1 aromatic rings. The third-order valence-electron chi connectivity index (χ3n) is 2.86. The Balaban J connectivity index is 2.67. The molecule has 0 spiro atoms. The zero-order chi connectivity index (χ0) is 12.7. The highest BCUT2D eigenvalue weighted by atomic mass is 16.5. The minimum atomic E-state index is -0.226. The van der Waals surface area contributed by atoms with Gasteiger partial charge in [-0.1, -0.05) is 13.3 Å². The van der Waals surface area contributed by atoms with E-state index in [0.29, 0.717) is 0 Å². The fourth-order valence-corrected chi connectivity index (χ4v) is 1.88. The van der Waals surface area contributed by atoms with E-state index >= 15 is 0 Å². The molecule has 0 fully saturated rings. The number of ether oxygens (including phenoxy) is 2. The maximum Gasteiger partial charge on any atom is 0.122 e. The molecule has 1 rings (SSSR count). The molecule has 96 valence electrons. The Morgan fingerprint density at radius 3 is 2.53 bits per heavy atom. The predicted molar refractivity (Wildman–Crippen MR) is 68.8 cm³/mol. The normalized spacial score (nSPS) is 12.2. The van der Waals surface area contributed by atoms with Gasteiger partial charge in [0.15, 0.2) is 0 Å². The SMILES string of the molecule is CCCC(O)CCc1cc(OC)ccc1OC. The van der Waals surface area contributed by atoms with E-state index in [-0.39, 0.29) is 6.10 Å². The van der Waals surface area contributed by atoms with Crippen LogP contribution in [-0.4, -0.2) is 25.4 Å². The van der Waals surface area contributed by atoms with Gasteiger partial charge in [0.2, 0.25) is 0 Å². The van der Waals surface area contributed by atoms with E-state index in [1.807, 2.05) is 18.2 Å². The monoisotopic (exact) mass is 238 g/mol. The molecule has 3 nitrogen and oxygen atoms in total. The second-order valence-corrected chi connectivity index (χ2v) is 4.16. The van der Waals surface area contributed by atoms with Gasteiger partial charge in [0.1, 0.15) is 11.5 Å². The summed E-state index contributed by atoms with van der Waals surface area (Å²) in [4.78, 5) is 0. The molecule has 0 bridgehead atoms. The third kappa shape index (κ3) is 4.27. The topological polar surface area (TPSA) is 38.7 Å². The number of aliphatic hydroxyl groups is 1. The van der Waals surface area contributed by atoms with Gasteiger partial charge in [-0.3, -0.25) is 0 Å². The first-order valence-electron chi connectivity index (χ1n) is 6.10. The molecular weight excluding hydrogens is 216 g/mol. The lowest BCUT2D eigenvalue weighted by molar-refractivity contribution is 0.153. The number of methoxy groups -OCH3 is 2. The van der Waals surface area contributed by atoms with Crippen molar-refractivity contribution in [1.82, 2.24) is 0 Å². The van der Waals surface area contributed by atoms with E-state index in [2.05, 4.69) is 6.92 Å². The standard InChI is InChI=1S/C14H22O3/c1-4-5-12(15)7-6-11-10-13(16-2)8-9-14(11)17-3/h8-10,12,15H,4-7H2,1-3H3. The number of rotatable bonds is 7. The van der Waals surface area contributed by atoms with Crippen LogP contribution in [0.25, 0.3) is 0 Å². The molecule has 0 aliphatic carbocycles. The van der Waals surface area contributed by atoms with Crippen molar-refractivity contribution in [3.63, 3.8) is 0 Å². The fourth-order valence-electron chi connectivity index (χ4n) is 1.88. The molecule has 0 aliphatic rings. The molecule has 1 unspecified atom stereocenters. The predicted octanol–water partition coefficient (Wildman–Crippen LogP) is 2.80. The average molecular weight is 238 g/mol. The Morgan fingerprint density at radius 2 is 1.94 bits per heavy atom. The highest BCUT2D eigenvalue weighted by Crippen LogP contribution is 2.25. The van der Waals surface area contributed by atoms with Crippen molar-refractivity contribution in [2.24, 2.45) is 0 Å². The zero-order valence-corrected chi connectivity index (χ0v) is 10.9. The molecule has 0 saturated carbocycles. The van der Waals surface area contributed by atoms with E-state index in [1.54, 1.807) is 14.2 Å². The largest absolute Gasteiger partial charge is 0.497 e. The molecule has 0 saturated heterocycles. The summed E-state index contributed by atoms with van der Waals surface area (Å²) in [5, 5.41) is 9.73. The third-order valence-corrected chi connectivity index (χ3v) is 2.86. The quantitative estimate of drug-likeness (QED) is 0.794. The molecule has 1 atom stereocenters. The molecule has 0 aromatic heterocycles. The van der Waals surface area contributed by atoms with Gasteiger partial charge in [-0.05, 0) is 43.0 Å². The summed E-state index contributed by atoms with van der Waals surface area (Å²) < 4.78 is 10.5. The number of aliphatic hydroxyl groups excluding tert-OH is 1. The second-order valence-electron chi connectivity index (χ2n) is 4.16. The van der Waals surface area contributed by atoms with Crippen LogP contribution in [0, 0.1) is 0 Å². The zero-order valence-electron chi connectivity index (χ0n) is 10.9. The Morgan fingerprint density at radius 1 is 1.18 bits per heavy atom. The van der Waals surface area contributed by atoms with Gasteiger partial charge >= 0.3 is 0 Å². The van der Waals surface area contributed by atoms with E-state index in [1.165, 1.54) is 0 Å². The van der Waals surface area contributed by atoms with Crippen LogP contribution in [0.2, 0.25) is 0 Å². The van der Waals surface area contributed by atoms with E-state index in [0.717, 1.165) is 42.7 Å². The lowest BCUT2D eigenvalue weighted by Crippen LogP contribution is -2.07. The van der Waals surface area contributed by atoms with E-state index in [4.69, 9.17) is 9.47 Å². The Hall–Kier alpha value is -1.22. The highest BCUT2D eigenvalue weighted by Gasteiger charge is 2.08. The van der Waals surface area contributed by atoms with Crippen LogP contribution in [0.5, 0.6) is 11.5 Å². The second kappa shape index (κ2) is 7.17. The van der Waals surface area contributed by atoms with Gasteiger partial charge in [0.05, 0.1) is 20.3 Å². The lowest BCUT2D eigenvalue weighted by atomic mass is 10.0. The van der Waals surface area contributed by atoms with Crippen LogP contribution in [0.15, 0.2) is 18.2 Å². The first-order chi connectivity index (χ1) is 8.21. The lowest BCUT2D eigenvalue weighted by Gasteiger charge is -2.12. The van der Waals surface area contributed by atoms with Gasteiger partial charge in [-0.15, -0.1) is 0 Å². The van der Waals surface area contributed by atoms with Crippen molar-refractivity contribution in [1.29, 1.82) is 0 Å². The molecule has 0 amide bonds. The van der Waals surface area contributed by atoms with Crippen LogP contribution in [-0.2, 0) is 6.42 Å².